The number of hydrogen-bond donors (Lipinski definition) is 2. The van der Waals surface area contributed by atoms with Gasteiger partial charge >= 0.3 is 0 Å². The van der Waals surface area contributed by atoms with Crippen LogP contribution in [0.3, 0.4) is 0 Å². The highest BCUT2D eigenvalue weighted by atomic mass is 32.7. The van der Waals surface area contributed by atoms with E-state index >= 15 is 0 Å². The molecule has 0 aliphatic rings. The first-order chi connectivity index (χ1) is 4.33. The zero-order chi connectivity index (χ0) is 8.36. The smallest absolute Gasteiger partial charge is 0.286 e. The lowest BCUT2D eigenvalue weighted by molar-refractivity contribution is -0.861. The lowest BCUT2D eigenvalue weighted by Gasteiger charge is -2.21. The van der Waals surface area contributed by atoms with Gasteiger partial charge in [0.05, 0.1) is 33.4 Å². The highest BCUT2D eigenvalue weighted by molar-refractivity contribution is 8.42. The van der Waals surface area contributed by atoms with Crippen LogP contribution in [0.4, 0.5) is 0 Å². The number of rotatable bonds is 2. The van der Waals surface area contributed by atoms with E-state index in [0.29, 0.717) is 11.0 Å². The zero-order valence-corrected chi connectivity index (χ0v) is 8.19. The van der Waals surface area contributed by atoms with Crippen LogP contribution in [0.5, 0.6) is 0 Å². The molecular formula is C5H13NO2PS+. The Hall–Kier alpha value is 0.400. The van der Waals surface area contributed by atoms with Crippen LogP contribution in [0, 0.1) is 0 Å². The number of nitrogens with zero attached hydrogens (tertiary/aromatic N) is 1. The fourth-order valence-electron chi connectivity index (χ4n) is 0.485. The third kappa shape index (κ3) is 5.21. The fourth-order valence-corrected chi connectivity index (χ4v) is 1.22. The van der Waals surface area contributed by atoms with E-state index in [9.17, 15) is 4.89 Å². The molecule has 0 aromatic heterocycles. The lowest BCUT2D eigenvalue weighted by Crippen LogP contribution is -2.39. The van der Waals surface area contributed by atoms with Crippen LogP contribution in [0.2, 0.25) is 0 Å². The Morgan fingerprint density at radius 1 is 1.60 bits per heavy atom. The molecular weight excluding hydrogens is 169 g/mol. The summed E-state index contributed by atoms with van der Waals surface area (Å²) in [5, 5.41) is 9.00. The van der Waals surface area contributed by atoms with Gasteiger partial charge in [0.25, 0.3) is 5.48 Å². The van der Waals surface area contributed by atoms with Crippen LogP contribution in [0.25, 0.3) is 0 Å². The Labute approximate surface area is 67.5 Å². The minimum absolute atomic E-state index is 0.0363. The summed E-state index contributed by atoms with van der Waals surface area (Å²) in [6.07, 6.45) is 0. The fraction of sp³-hybridized carbons (Fsp3) is 0.800. The van der Waals surface area contributed by atoms with E-state index in [4.69, 9.17) is 5.11 Å². The van der Waals surface area contributed by atoms with E-state index < -0.39 is 6.97 Å². The monoisotopic (exact) mass is 182 g/mol. The van der Waals surface area contributed by atoms with Gasteiger partial charge in [0.15, 0.2) is 13.5 Å². The van der Waals surface area contributed by atoms with Gasteiger partial charge in [-0.2, -0.15) is 0 Å². The second kappa shape index (κ2) is 3.69. The maximum absolute atomic E-state index is 10.5. The summed E-state index contributed by atoms with van der Waals surface area (Å²) in [6, 6.07) is 0. The van der Waals surface area contributed by atoms with Gasteiger partial charge < -0.3 is 14.5 Å². The summed E-state index contributed by atoms with van der Waals surface area (Å²) in [4.78, 5) is 10.5. The number of aliphatic hydroxyl groups excluding tert-OH is 1. The normalized spacial score (nSPS) is 15.0. The SMILES string of the molecule is C[N+](C)(C)C/C(O)=[P+](\[O-])S. The summed E-state index contributed by atoms with van der Waals surface area (Å²) < 4.78 is 0.563. The molecule has 1 atom stereocenters. The first-order valence-electron chi connectivity index (χ1n) is 2.84. The van der Waals surface area contributed by atoms with Crippen molar-refractivity contribution in [1.29, 1.82) is 0 Å². The topological polar surface area (TPSA) is 43.3 Å². The molecule has 0 amide bonds. The van der Waals surface area contributed by atoms with Crippen LogP contribution < -0.4 is 4.89 Å². The lowest BCUT2D eigenvalue weighted by atomic mass is 10.5. The van der Waals surface area contributed by atoms with Gasteiger partial charge in [-0.15, -0.1) is 0 Å². The van der Waals surface area contributed by atoms with Crippen molar-refractivity contribution in [3.05, 3.63) is 0 Å². The Morgan fingerprint density at radius 3 is 2.10 bits per heavy atom. The van der Waals surface area contributed by atoms with Gasteiger partial charge in [0.1, 0.15) is 0 Å². The molecule has 0 aliphatic carbocycles. The van der Waals surface area contributed by atoms with Crippen LogP contribution in [-0.2, 0) is 0 Å². The molecule has 0 rings (SSSR count). The molecule has 0 heterocycles. The summed E-state index contributed by atoms with van der Waals surface area (Å²) in [7, 11) is 5.72. The maximum Gasteiger partial charge on any atom is 0.286 e. The number of likely N-dealkylation sites (N-methyl/N-ethyl adjacent to an activating group) is 1. The average Bonchev–Trinajstić information content (AvgIpc) is 1.60. The van der Waals surface area contributed by atoms with E-state index in [-0.39, 0.29) is 5.48 Å². The van der Waals surface area contributed by atoms with Crippen LogP contribution >= 0.6 is 19.2 Å². The highest BCUT2D eigenvalue weighted by Gasteiger charge is 2.15. The number of quaternary nitrogens is 1. The van der Waals surface area contributed by atoms with Crippen LogP contribution in [-0.4, -0.2) is 42.8 Å². The van der Waals surface area contributed by atoms with Gasteiger partial charge in [-0.25, -0.2) is 0 Å². The zero-order valence-electron chi connectivity index (χ0n) is 6.40. The Balaban J connectivity index is 4.06. The Bertz CT molecular complexity index is 148. The molecule has 0 spiro atoms. The quantitative estimate of drug-likeness (QED) is 0.353. The molecule has 0 fully saturated rings. The van der Waals surface area contributed by atoms with Gasteiger partial charge in [0, 0.05) is 0 Å². The molecule has 10 heavy (non-hydrogen) atoms. The second-order valence-corrected chi connectivity index (χ2v) is 5.29. The van der Waals surface area contributed by atoms with Gasteiger partial charge in [-0.05, 0) is 0 Å². The van der Waals surface area contributed by atoms with Crippen molar-refractivity contribution in [3.63, 3.8) is 0 Å². The molecule has 0 aliphatic heterocycles. The van der Waals surface area contributed by atoms with E-state index in [1.165, 1.54) is 0 Å². The molecule has 0 aromatic rings. The van der Waals surface area contributed by atoms with Crippen LogP contribution in [0.15, 0.2) is 0 Å². The first kappa shape index (κ1) is 10.4. The molecule has 3 nitrogen and oxygen atoms in total. The molecule has 0 saturated heterocycles. The number of aliphatic hydroxyl groups is 1. The molecule has 5 heteroatoms. The number of thiol groups is 1. The summed E-state index contributed by atoms with van der Waals surface area (Å²) in [6.45, 7) is -1.44. The largest absolute Gasteiger partial charge is 0.618 e. The average molecular weight is 182 g/mol. The van der Waals surface area contributed by atoms with Crippen molar-refractivity contribution in [3.8, 4) is 0 Å². The van der Waals surface area contributed by atoms with Crippen molar-refractivity contribution in [1.82, 2.24) is 0 Å². The number of hydrogen-bond acceptors (Lipinski definition) is 2. The Morgan fingerprint density at radius 2 is 2.00 bits per heavy atom. The Kier molecular flexibility index (Phi) is 3.84. The molecule has 0 aromatic carbocycles. The third-order valence-corrected chi connectivity index (χ3v) is 2.11. The standard InChI is InChI=1S/C5H12NO2PS/c1-6(2,3)4-5(7)9(8)10/h4H2,1-3H3,(H-,7,8,10)/p+1. The first-order valence-corrected chi connectivity index (χ1v) is 5.25. The van der Waals surface area contributed by atoms with Crippen molar-refractivity contribution in [2.45, 2.75) is 0 Å². The van der Waals surface area contributed by atoms with Crippen molar-refractivity contribution >= 4 is 24.7 Å². The minimum Gasteiger partial charge on any atom is -0.618 e. The molecule has 0 bridgehead atoms. The summed E-state index contributed by atoms with van der Waals surface area (Å²) >= 11 is 3.62. The minimum atomic E-state index is -1.82. The van der Waals surface area contributed by atoms with E-state index in [1.807, 2.05) is 21.1 Å². The summed E-state index contributed by atoms with van der Waals surface area (Å²) in [5.41, 5.74) is -0.0363. The van der Waals surface area contributed by atoms with E-state index in [0.717, 1.165) is 0 Å². The predicted molar refractivity (Wildman–Crippen MR) is 45.7 cm³/mol. The van der Waals surface area contributed by atoms with Gasteiger partial charge in [-0.1, -0.05) is 0 Å². The third-order valence-electron chi connectivity index (χ3n) is 0.837. The van der Waals surface area contributed by atoms with Gasteiger partial charge in [-0.3, -0.25) is 0 Å². The highest BCUT2D eigenvalue weighted by Crippen LogP contribution is 2.17. The van der Waals surface area contributed by atoms with E-state index in [2.05, 4.69) is 12.2 Å². The summed E-state index contributed by atoms with van der Waals surface area (Å²) in [5.74, 6) is 0. The van der Waals surface area contributed by atoms with Crippen molar-refractivity contribution < 1.29 is 14.5 Å². The predicted octanol–water partition coefficient (Wildman–Crippen LogP) is -0.203. The molecule has 0 saturated carbocycles. The van der Waals surface area contributed by atoms with Crippen molar-refractivity contribution in [2.75, 3.05) is 27.7 Å². The van der Waals surface area contributed by atoms with E-state index in [1.54, 1.807) is 0 Å². The van der Waals surface area contributed by atoms with Gasteiger partial charge in [0.2, 0.25) is 0 Å². The van der Waals surface area contributed by atoms with Crippen molar-refractivity contribution in [2.24, 2.45) is 0 Å². The maximum atomic E-state index is 10.5. The van der Waals surface area contributed by atoms with Crippen LogP contribution in [0.1, 0.15) is 0 Å². The molecule has 1 unspecified atom stereocenters. The molecule has 60 valence electrons. The molecule has 0 radical (unpaired) electrons. The second-order valence-electron chi connectivity index (χ2n) is 3.14. The molecule has 1 N–H and O–H groups in total.